The summed E-state index contributed by atoms with van der Waals surface area (Å²) in [6.07, 6.45) is 1.03. The van der Waals surface area contributed by atoms with Gasteiger partial charge in [0.15, 0.2) is 0 Å². The minimum atomic E-state index is -0.344. The van der Waals surface area contributed by atoms with Crippen molar-refractivity contribution in [2.75, 3.05) is 26.3 Å². The summed E-state index contributed by atoms with van der Waals surface area (Å²) in [5.41, 5.74) is 0.904. The smallest absolute Gasteiger partial charge is 0.367 e. The molecule has 1 aromatic heterocycles. The average Bonchev–Trinajstić information content (AvgIpc) is 2.99. The van der Waals surface area contributed by atoms with Crippen LogP contribution in [0.25, 0.3) is 0 Å². The van der Waals surface area contributed by atoms with Crippen LogP contribution in [0.3, 0.4) is 0 Å². The molecule has 1 aromatic rings. The van der Waals surface area contributed by atoms with Gasteiger partial charge in [-0.25, -0.2) is 9.78 Å². The van der Waals surface area contributed by atoms with Crippen molar-refractivity contribution >= 4 is 17.3 Å². The number of hydrogen-bond donors (Lipinski definition) is 1. The van der Waals surface area contributed by atoms with Gasteiger partial charge in [-0.1, -0.05) is 0 Å². The van der Waals surface area contributed by atoms with Gasteiger partial charge in [-0.3, -0.25) is 4.90 Å². The van der Waals surface area contributed by atoms with Crippen LogP contribution in [0, 0.1) is 5.92 Å². The molecule has 5 nitrogen and oxygen atoms in total. The Morgan fingerprint density at radius 1 is 1.72 bits per heavy atom. The molecule has 1 fully saturated rings. The van der Waals surface area contributed by atoms with Crippen molar-refractivity contribution in [3.05, 3.63) is 16.1 Å². The molecule has 100 valence electrons. The van der Waals surface area contributed by atoms with E-state index in [1.54, 1.807) is 6.92 Å². The number of aliphatic hydroxyl groups is 1. The Kier molecular flexibility index (Phi) is 4.68. The molecule has 1 aliphatic rings. The fourth-order valence-corrected chi connectivity index (χ4v) is 2.80. The number of ether oxygens (including phenoxy) is 1. The molecule has 2 heterocycles. The van der Waals surface area contributed by atoms with E-state index in [0.717, 1.165) is 31.7 Å². The molecule has 2 rings (SSSR count). The van der Waals surface area contributed by atoms with Gasteiger partial charge in [-0.2, -0.15) is 0 Å². The second-order valence-electron chi connectivity index (χ2n) is 4.44. The first-order chi connectivity index (χ1) is 8.72. The number of thiazole rings is 1. The Morgan fingerprint density at radius 2 is 2.56 bits per heavy atom. The largest absolute Gasteiger partial charge is 0.461 e. The number of esters is 1. The van der Waals surface area contributed by atoms with Crippen molar-refractivity contribution < 1.29 is 14.6 Å². The fraction of sp³-hybridized carbons (Fsp3) is 0.667. The molecule has 0 bridgehead atoms. The number of likely N-dealkylation sites (tertiary alicyclic amines) is 1. The first-order valence-corrected chi connectivity index (χ1v) is 7.05. The van der Waals surface area contributed by atoms with E-state index in [9.17, 15) is 4.79 Å². The van der Waals surface area contributed by atoms with E-state index < -0.39 is 0 Å². The second-order valence-corrected chi connectivity index (χ2v) is 5.29. The summed E-state index contributed by atoms with van der Waals surface area (Å²) in [4.78, 5) is 18.0. The van der Waals surface area contributed by atoms with Crippen LogP contribution >= 0.6 is 11.3 Å². The lowest BCUT2D eigenvalue weighted by molar-refractivity contribution is 0.0525. The highest BCUT2D eigenvalue weighted by Crippen LogP contribution is 2.19. The first-order valence-electron chi connectivity index (χ1n) is 6.17. The summed E-state index contributed by atoms with van der Waals surface area (Å²) >= 11 is 1.33. The Morgan fingerprint density at radius 3 is 3.22 bits per heavy atom. The topological polar surface area (TPSA) is 62.7 Å². The van der Waals surface area contributed by atoms with Gasteiger partial charge in [0.2, 0.25) is 5.01 Å². The first kappa shape index (κ1) is 13.5. The third kappa shape index (κ3) is 3.28. The molecule has 0 spiro atoms. The standard InChI is InChI=1S/C12H18N2O3S/c1-2-17-12(16)11-13-10(8-18-11)6-14-4-3-9(5-14)7-15/h8-9,15H,2-7H2,1H3. The van der Waals surface area contributed by atoms with Crippen LogP contribution in [0.2, 0.25) is 0 Å². The van der Waals surface area contributed by atoms with E-state index >= 15 is 0 Å². The number of hydrogen-bond acceptors (Lipinski definition) is 6. The predicted octanol–water partition coefficient (Wildman–Crippen LogP) is 1.13. The van der Waals surface area contributed by atoms with Crippen LogP contribution in [-0.4, -0.2) is 47.3 Å². The van der Waals surface area contributed by atoms with Crippen LogP contribution < -0.4 is 0 Å². The molecule has 1 aliphatic heterocycles. The highest BCUT2D eigenvalue weighted by atomic mass is 32.1. The third-order valence-corrected chi connectivity index (χ3v) is 3.89. The summed E-state index contributed by atoms with van der Waals surface area (Å²) < 4.78 is 4.91. The maximum absolute atomic E-state index is 11.5. The van der Waals surface area contributed by atoms with Crippen LogP contribution in [0.15, 0.2) is 5.38 Å². The van der Waals surface area contributed by atoms with Crippen LogP contribution in [-0.2, 0) is 11.3 Å². The van der Waals surface area contributed by atoms with Gasteiger partial charge < -0.3 is 9.84 Å². The van der Waals surface area contributed by atoms with Crippen LogP contribution in [0.5, 0.6) is 0 Å². The van der Waals surface area contributed by atoms with Crippen molar-refractivity contribution in [1.29, 1.82) is 0 Å². The Bertz CT molecular complexity index is 408. The van der Waals surface area contributed by atoms with E-state index in [4.69, 9.17) is 9.84 Å². The van der Waals surface area contributed by atoms with Gasteiger partial charge in [0.25, 0.3) is 0 Å². The number of rotatable bonds is 5. The van der Waals surface area contributed by atoms with Gasteiger partial charge in [0, 0.05) is 25.1 Å². The second kappa shape index (κ2) is 6.26. The van der Waals surface area contributed by atoms with Gasteiger partial charge >= 0.3 is 5.97 Å². The highest BCUT2D eigenvalue weighted by molar-refractivity contribution is 7.11. The van der Waals surface area contributed by atoms with E-state index in [1.807, 2.05) is 5.38 Å². The molecular weight excluding hydrogens is 252 g/mol. The number of carbonyl (C=O) groups is 1. The average molecular weight is 270 g/mol. The summed E-state index contributed by atoms with van der Waals surface area (Å²) in [5, 5.41) is 11.4. The molecule has 1 atom stereocenters. The lowest BCUT2D eigenvalue weighted by atomic mass is 10.1. The van der Waals surface area contributed by atoms with Crippen molar-refractivity contribution in [3.63, 3.8) is 0 Å². The Balaban J connectivity index is 1.89. The molecule has 0 saturated carbocycles. The van der Waals surface area contributed by atoms with Crippen LogP contribution in [0.1, 0.15) is 28.8 Å². The molecule has 1 saturated heterocycles. The minimum absolute atomic E-state index is 0.252. The van der Waals surface area contributed by atoms with Crippen molar-refractivity contribution in [2.45, 2.75) is 19.9 Å². The maximum Gasteiger partial charge on any atom is 0.367 e. The molecule has 0 radical (unpaired) electrons. The van der Waals surface area contributed by atoms with Gasteiger partial charge in [-0.05, 0) is 25.8 Å². The normalized spacial score (nSPS) is 20.2. The monoisotopic (exact) mass is 270 g/mol. The molecule has 0 amide bonds. The Hall–Kier alpha value is -0.980. The lowest BCUT2D eigenvalue weighted by Crippen LogP contribution is -2.21. The summed E-state index contributed by atoms with van der Waals surface area (Å²) in [6, 6.07) is 0. The summed E-state index contributed by atoms with van der Waals surface area (Å²) in [5.74, 6) is 0.0385. The molecule has 18 heavy (non-hydrogen) atoms. The summed E-state index contributed by atoms with van der Waals surface area (Å²) in [6.45, 7) is 5.04. The zero-order valence-electron chi connectivity index (χ0n) is 10.5. The molecule has 0 aromatic carbocycles. The lowest BCUT2D eigenvalue weighted by Gasteiger charge is -2.13. The number of carbonyl (C=O) groups excluding carboxylic acids is 1. The van der Waals surface area contributed by atoms with Crippen LogP contribution in [0.4, 0.5) is 0 Å². The molecule has 0 aliphatic carbocycles. The van der Waals surface area contributed by atoms with Crippen molar-refractivity contribution in [2.24, 2.45) is 5.92 Å². The summed E-state index contributed by atoms with van der Waals surface area (Å²) in [7, 11) is 0. The number of aromatic nitrogens is 1. The number of aliphatic hydroxyl groups excluding tert-OH is 1. The molecule has 1 N–H and O–H groups in total. The molecule has 6 heteroatoms. The predicted molar refractivity (Wildman–Crippen MR) is 68.5 cm³/mol. The minimum Gasteiger partial charge on any atom is -0.461 e. The molecule has 1 unspecified atom stereocenters. The number of nitrogens with zero attached hydrogens (tertiary/aromatic N) is 2. The van der Waals surface area contributed by atoms with E-state index in [-0.39, 0.29) is 12.6 Å². The molecular formula is C12H18N2O3S. The Labute approximate surface area is 110 Å². The van der Waals surface area contributed by atoms with E-state index in [0.29, 0.717) is 17.5 Å². The third-order valence-electron chi connectivity index (χ3n) is 3.02. The van der Waals surface area contributed by atoms with Gasteiger partial charge in [0.1, 0.15) is 0 Å². The quantitative estimate of drug-likeness (QED) is 0.813. The zero-order chi connectivity index (χ0) is 13.0. The van der Waals surface area contributed by atoms with Gasteiger partial charge in [-0.15, -0.1) is 11.3 Å². The van der Waals surface area contributed by atoms with Crippen molar-refractivity contribution in [1.82, 2.24) is 9.88 Å². The maximum atomic E-state index is 11.5. The highest BCUT2D eigenvalue weighted by Gasteiger charge is 2.22. The van der Waals surface area contributed by atoms with E-state index in [2.05, 4.69) is 9.88 Å². The van der Waals surface area contributed by atoms with Gasteiger partial charge in [0.05, 0.1) is 12.3 Å². The van der Waals surface area contributed by atoms with Crippen molar-refractivity contribution in [3.8, 4) is 0 Å². The SMILES string of the molecule is CCOC(=O)c1nc(CN2CCC(CO)C2)cs1. The van der Waals surface area contributed by atoms with E-state index in [1.165, 1.54) is 11.3 Å². The zero-order valence-corrected chi connectivity index (χ0v) is 11.3. The fourth-order valence-electron chi connectivity index (χ4n) is 2.10.